The van der Waals surface area contributed by atoms with Crippen molar-refractivity contribution in [2.75, 3.05) is 31.7 Å². The Morgan fingerprint density at radius 2 is 2.24 bits per heavy atom. The molecule has 112 valence electrons. The maximum atomic E-state index is 9.63. The molecular formula is C16H21N3O2. The fraction of sp³-hybridized carbons (Fsp3) is 0.500. The summed E-state index contributed by atoms with van der Waals surface area (Å²) in [4.78, 5) is 11.1. The van der Waals surface area contributed by atoms with Gasteiger partial charge in [-0.05, 0) is 25.0 Å². The molecule has 1 saturated heterocycles. The molecule has 3 rings (SSSR count). The van der Waals surface area contributed by atoms with E-state index in [-0.39, 0.29) is 12.0 Å². The van der Waals surface area contributed by atoms with Crippen molar-refractivity contribution < 1.29 is 9.84 Å². The van der Waals surface area contributed by atoms with E-state index in [0.29, 0.717) is 0 Å². The van der Waals surface area contributed by atoms with Crippen LogP contribution in [0.5, 0.6) is 5.75 Å². The molecule has 2 aromatic rings. The van der Waals surface area contributed by atoms with Gasteiger partial charge in [0.25, 0.3) is 0 Å². The van der Waals surface area contributed by atoms with E-state index >= 15 is 0 Å². The van der Waals surface area contributed by atoms with Gasteiger partial charge in [-0.15, -0.1) is 0 Å². The number of aromatic nitrogens is 2. The van der Waals surface area contributed by atoms with Gasteiger partial charge in [0.2, 0.25) is 0 Å². The Bertz CT molecular complexity index is 646. The molecule has 5 heteroatoms. The van der Waals surface area contributed by atoms with Crippen molar-refractivity contribution in [1.82, 2.24) is 9.97 Å². The highest BCUT2D eigenvalue weighted by molar-refractivity contribution is 5.93. The number of fused-ring (bicyclic) bond motifs is 1. The van der Waals surface area contributed by atoms with Crippen molar-refractivity contribution in [3.63, 3.8) is 0 Å². The quantitative estimate of drug-likeness (QED) is 0.938. The van der Waals surface area contributed by atoms with Crippen LogP contribution in [-0.2, 0) is 0 Å². The molecule has 1 aromatic carbocycles. The van der Waals surface area contributed by atoms with E-state index in [1.54, 1.807) is 13.4 Å². The van der Waals surface area contributed by atoms with Gasteiger partial charge in [-0.3, -0.25) is 0 Å². The first-order valence-electron chi connectivity index (χ1n) is 7.30. The summed E-state index contributed by atoms with van der Waals surface area (Å²) in [6.07, 6.45) is 3.70. The third-order valence-electron chi connectivity index (χ3n) is 4.29. The number of aliphatic hydroxyl groups excluding tert-OH is 1. The first kappa shape index (κ1) is 14.1. The van der Waals surface area contributed by atoms with Crippen LogP contribution in [0.25, 0.3) is 10.9 Å². The number of ether oxygens (including phenoxy) is 1. The fourth-order valence-corrected chi connectivity index (χ4v) is 3.09. The van der Waals surface area contributed by atoms with Crippen molar-refractivity contribution in [3.8, 4) is 5.75 Å². The van der Waals surface area contributed by atoms with Crippen molar-refractivity contribution in [2.45, 2.75) is 19.8 Å². The molecule has 0 bridgehead atoms. The number of hydrogen-bond acceptors (Lipinski definition) is 5. The molecule has 1 aliphatic heterocycles. The van der Waals surface area contributed by atoms with Gasteiger partial charge >= 0.3 is 0 Å². The topological polar surface area (TPSA) is 58.5 Å². The largest absolute Gasteiger partial charge is 0.494 e. The zero-order valence-corrected chi connectivity index (χ0v) is 12.5. The van der Waals surface area contributed by atoms with Gasteiger partial charge < -0.3 is 14.7 Å². The van der Waals surface area contributed by atoms with Crippen LogP contribution in [0, 0.1) is 5.41 Å². The van der Waals surface area contributed by atoms with Crippen LogP contribution in [0.2, 0.25) is 0 Å². The van der Waals surface area contributed by atoms with Crippen LogP contribution in [0.4, 0.5) is 5.82 Å². The van der Waals surface area contributed by atoms with E-state index in [1.165, 1.54) is 0 Å². The van der Waals surface area contributed by atoms with Crippen LogP contribution in [0.1, 0.15) is 19.8 Å². The summed E-state index contributed by atoms with van der Waals surface area (Å²) in [6.45, 7) is 4.10. The lowest BCUT2D eigenvalue weighted by Gasteiger charge is -2.40. The average molecular weight is 287 g/mol. The van der Waals surface area contributed by atoms with Crippen LogP contribution < -0.4 is 9.64 Å². The predicted octanol–water partition coefficient (Wildman–Crippen LogP) is 2.24. The fourth-order valence-electron chi connectivity index (χ4n) is 3.09. The summed E-state index contributed by atoms with van der Waals surface area (Å²) >= 11 is 0. The Labute approximate surface area is 124 Å². The lowest BCUT2D eigenvalue weighted by molar-refractivity contribution is 0.123. The molecule has 5 nitrogen and oxygen atoms in total. The minimum absolute atomic E-state index is 0.0611. The Kier molecular flexibility index (Phi) is 3.68. The van der Waals surface area contributed by atoms with E-state index in [4.69, 9.17) is 4.74 Å². The highest BCUT2D eigenvalue weighted by Gasteiger charge is 2.31. The van der Waals surface area contributed by atoms with E-state index in [9.17, 15) is 5.11 Å². The second-order valence-electron chi connectivity index (χ2n) is 6.05. The standard InChI is InChI=1S/C16H21N3O2/c1-16(10-20)7-4-8-19(9-16)15-12-5-3-6-13(21-2)14(12)17-11-18-15/h3,5-6,11,20H,4,7-10H2,1-2H3. The molecule has 0 amide bonds. The molecule has 1 fully saturated rings. The van der Waals surface area contributed by atoms with Gasteiger partial charge in [0.15, 0.2) is 0 Å². The number of nitrogens with zero attached hydrogens (tertiary/aromatic N) is 3. The Hall–Kier alpha value is -1.88. The summed E-state index contributed by atoms with van der Waals surface area (Å²) < 4.78 is 5.38. The first-order valence-corrected chi connectivity index (χ1v) is 7.30. The zero-order chi connectivity index (χ0) is 14.9. The Balaban J connectivity index is 2.04. The molecule has 0 radical (unpaired) electrons. The van der Waals surface area contributed by atoms with E-state index in [2.05, 4.69) is 21.8 Å². The maximum Gasteiger partial charge on any atom is 0.145 e. The zero-order valence-electron chi connectivity index (χ0n) is 12.5. The molecule has 0 saturated carbocycles. The minimum Gasteiger partial charge on any atom is -0.494 e. The summed E-state index contributed by atoms with van der Waals surface area (Å²) in [5, 5.41) is 10.6. The second-order valence-corrected chi connectivity index (χ2v) is 6.05. The molecule has 1 aliphatic rings. The summed E-state index contributed by atoms with van der Waals surface area (Å²) in [5.74, 6) is 1.69. The molecule has 1 aromatic heterocycles. The van der Waals surface area contributed by atoms with Crippen molar-refractivity contribution in [3.05, 3.63) is 24.5 Å². The molecule has 1 atom stereocenters. The summed E-state index contributed by atoms with van der Waals surface area (Å²) in [6, 6.07) is 5.90. The van der Waals surface area contributed by atoms with Crippen molar-refractivity contribution in [1.29, 1.82) is 0 Å². The molecule has 0 spiro atoms. The van der Waals surface area contributed by atoms with Crippen LogP contribution in [-0.4, -0.2) is 41.9 Å². The number of para-hydroxylation sites is 1. The third-order valence-corrected chi connectivity index (χ3v) is 4.29. The number of hydrogen-bond donors (Lipinski definition) is 1. The number of piperidine rings is 1. The Morgan fingerprint density at radius 1 is 1.38 bits per heavy atom. The monoisotopic (exact) mass is 287 g/mol. The van der Waals surface area contributed by atoms with E-state index in [0.717, 1.165) is 48.4 Å². The highest BCUT2D eigenvalue weighted by Crippen LogP contribution is 2.35. The second kappa shape index (κ2) is 5.48. The van der Waals surface area contributed by atoms with Crippen LogP contribution in [0.3, 0.4) is 0 Å². The highest BCUT2D eigenvalue weighted by atomic mass is 16.5. The van der Waals surface area contributed by atoms with Gasteiger partial charge in [-0.25, -0.2) is 9.97 Å². The molecule has 0 aliphatic carbocycles. The van der Waals surface area contributed by atoms with Gasteiger partial charge in [-0.2, -0.15) is 0 Å². The smallest absolute Gasteiger partial charge is 0.145 e. The van der Waals surface area contributed by atoms with Gasteiger partial charge in [0.05, 0.1) is 13.7 Å². The number of aliphatic hydroxyl groups is 1. The summed E-state index contributed by atoms with van der Waals surface area (Å²) in [5.41, 5.74) is 0.773. The van der Waals surface area contributed by atoms with Crippen LogP contribution in [0.15, 0.2) is 24.5 Å². The predicted molar refractivity (Wildman–Crippen MR) is 82.7 cm³/mol. The van der Waals surface area contributed by atoms with Crippen molar-refractivity contribution >= 4 is 16.7 Å². The minimum atomic E-state index is -0.0611. The number of anilines is 1. The molecule has 21 heavy (non-hydrogen) atoms. The molecular weight excluding hydrogens is 266 g/mol. The van der Waals surface area contributed by atoms with Gasteiger partial charge in [-0.1, -0.05) is 13.0 Å². The summed E-state index contributed by atoms with van der Waals surface area (Å²) in [7, 11) is 1.65. The third kappa shape index (κ3) is 2.53. The van der Waals surface area contributed by atoms with Crippen molar-refractivity contribution in [2.24, 2.45) is 5.41 Å². The molecule has 1 unspecified atom stereocenters. The van der Waals surface area contributed by atoms with Crippen LogP contribution >= 0.6 is 0 Å². The lowest BCUT2D eigenvalue weighted by Crippen LogP contribution is -2.44. The van der Waals surface area contributed by atoms with E-state index in [1.807, 2.05) is 18.2 Å². The SMILES string of the molecule is COc1cccc2c(N3CCCC(C)(CO)C3)ncnc12. The lowest BCUT2D eigenvalue weighted by atomic mass is 9.83. The normalized spacial score (nSPS) is 22.5. The van der Waals surface area contributed by atoms with Gasteiger partial charge in [0.1, 0.15) is 23.4 Å². The number of benzene rings is 1. The number of rotatable bonds is 3. The average Bonchev–Trinajstić information content (AvgIpc) is 2.53. The van der Waals surface area contributed by atoms with Gasteiger partial charge in [0, 0.05) is 23.9 Å². The maximum absolute atomic E-state index is 9.63. The number of methoxy groups -OCH3 is 1. The molecule has 2 heterocycles. The first-order chi connectivity index (χ1) is 10.2. The Morgan fingerprint density at radius 3 is 3.00 bits per heavy atom. The molecule has 1 N–H and O–H groups in total. The van der Waals surface area contributed by atoms with E-state index < -0.39 is 0 Å².